The number of amides is 1. The second-order valence-electron chi connectivity index (χ2n) is 7.66. The number of nitrogens with zero attached hydrogens (tertiary/aromatic N) is 3. The highest BCUT2D eigenvalue weighted by molar-refractivity contribution is 7.99. The van der Waals surface area contributed by atoms with Gasteiger partial charge in [-0.3, -0.25) is 4.79 Å². The summed E-state index contributed by atoms with van der Waals surface area (Å²) in [5.74, 6) is 0.249. The normalized spacial score (nSPS) is 14.2. The summed E-state index contributed by atoms with van der Waals surface area (Å²) in [4.78, 5) is 12.5. The molecule has 0 bridgehead atoms. The lowest BCUT2D eigenvalue weighted by atomic mass is 9.89. The fourth-order valence-electron chi connectivity index (χ4n) is 3.84. The van der Waals surface area contributed by atoms with E-state index in [0.717, 1.165) is 18.4 Å². The molecule has 0 radical (unpaired) electrons. The zero-order valence-corrected chi connectivity index (χ0v) is 18.0. The lowest BCUT2D eigenvalue weighted by Gasteiger charge is -2.20. The Bertz CT molecular complexity index is 1070. The zero-order valence-electron chi connectivity index (χ0n) is 17.2. The van der Waals surface area contributed by atoms with Crippen LogP contribution in [0.2, 0.25) is 0 Å². The quantitative estimate of drug-likeness (QED) is 0.593. The third kappa shape index (κ3) is 4.41. The molecule has 2 aromatic carbocycles. The van der Waals surface area contributed by atoms with Gasteiger partial charge in [-0.05, 0) is 61.4 Å². The summed E-state index contributed by atoms with van der Waals surface area (Å²) in [5, 5.41) is 11.9. The molecule has 1 N–H and O–H groups in total. The van der Waals surface area contributed by atoms with E-state index >= 15 is 0 Å². The molecule has 156 valence electrons. The van der Waals surface area contributed by atoms with Gasteiger partial charge in [0, 0.05) is 7.05 Å². The van der Waals surface area contributed by atoms with E-state index < -0.39 is 0 Å². The molecule has 1 aliphatic carbocycles. The van der Waals surface area contributed by atoms with Crippen LogP contribution in [0, 0.1) is 5.82 Å². The average Bonchev–Trinajstić information content (AvgIpc) is 3.12. The first-order valence-corrected chi connectivity index (χ1v) is 11.2. The molecule has 1 amide bonds. The van der Waals surface area contributed by atoms with Crippen molar-refractivity contribution < 1.29 is 9.18 Å². The van der Waals surface area contributed by atoms with Crippen LogP contribution in [0.4, 0.5) is 4.39 Å². The van der Waals surface area contributed by atoms with Gasteiger partial charge in [-0.2, -0.15) is 0 Å². The molecule has 1 aromatic heterocycles. The van der Waals surface area contributed by atoms with Crippen LogP contribution < -0.4 is 5.32 Å². The Labute approximate surface area is 180 Å². The third-order valence-electron chi connectivity index (χ3n) is 5.53. The highest BCUT2D eigenvalue weighted by Gasteiger charge is 2.17. The van der Waals surface area contributed by atoms with E-state index in [0.29, 0.717) is 16.5 Å². The maximum absolute atomic E-state index is 14.0. The van der Waals surface area contributed by atoms with E-state index in [1.54, 1.807) is 29.8 Å². The minimum absolute atomic E-state index is 0.0567. The summed E-state index contributed by atoms with van der Waals surface area (Å²) in [6.45, 7) is 2.01. The Morgan fingerprint density at radius 1 is 1.17 bits per heavy atom. The second kappa shape index (κ2) is 9.00. The summed E-state index contributed by atoms with van der Waals surface area (Å²) in [6, 6.07) is 13.0. The van der Waals surface area contributed by atoms with Crippen LogP contribution in [0.3, 0.4) is 0 Å². The fraction of sp³-hybridized carbons (Fsp3) is 0.348. The summed E-state index contributed by atoms with van der Waals surface area (Å²) in [6.07, 6.45) is 4.77. The maximum atomic E-state index is 14.0. The van der Waals surface area contributed by atoms with E-state index in [1.165, 1.54) is 41.8 Å². The van der Waals surface area contributed by atoms with Gasteiger partial charge in [-0.25, -0.2) is 4.39 Å². The van der Waals surface area contributed by atoms with Crippen molar-refractivity contribution in [3.8, 4) is 11.4 Å². The smallest absolute Gasteiger partial charge is 0.230 e. The molecule has 1 atom stereocenters. The van der Waals surface area contributed by atoms with Crippen LogP contribution in [0.15, 0.2) is 47.6 Å². The first kappa shape index (κ1) is 20.6. The van der Waals surface area contributed by atoms with Crippen molar-refractivity contribution in [2.75, 3.05) is 5.75 Å². The molecule has 0 spiro atoms. The Morgan fingerprint density at radius 3 is 2.73 bits per heavy atom. The van der Waals surface area contributed by atoms with Gasteiger partial charge >= 0.3 is 0 Å². The van der Waals surface area contributed by atoms with Crippen LogP contribution in [-0.2, 0) is 24.7 Å². The number of hydrogen-bond acceptors (Lipinski definition) is 4. The molecule has 5 nitrogen and oxygen atoms in total. The van der Waals surface area contributed by atoms with Crippen molar-refractivity contribution in [2.24, 2.45) is 7.05 Å². The molecule has 4 rings (SSSR count). The van der Waals surface area contributed by atoms with E-state index in [9.17, 15) is 9.18 Å². The number of aromatic nitrogens is 3. The van der Waals surface area contributed by atoms with Gasteiger partial charge in [0.2, 0.25) is 5.91 Å². The largest absolute Gasteiger partial charge is 0.349 e. The first-order valence-electron chi connectivity index (χ1n) is 10.2. The average molecular weight is 425 g/mol. The number of carbonyl (C=O) groups is 1. The monoisotopic (exact) mass is 424 g/mol. The van der Waals surface area contributed by atoms with Gasteiger partial charge in [0.15, 0.2) is 11.0 Å². The number of carbonyl (C=O) groups excluding carboxylic acids is 1. The van der Waals surface area contributed by atoms with Gasteiger partial charge in [-0.15, -0.1) is 10.2 Å². The standard InChI is InChI=1S/C23H25FN4OS/c1-15(17-12-11-16-7-3-4-8-18(16)13-17)25-21(29)14-30-23-27-26-22(28(23)2)19-9-5-6-10-20(19)24/h5-6,9-13,15H,3-4,7-8,14H2,1-2H3,(H,25,29). The lowest BCUT2D eigenvalue weighted by molar-refractivity contribution is -0.119. The van der Waals surface area contributed by atoms with Crippen molar-refractivity contribution >= 4 is 17.7 Å². The number of halogens is 1. The van der Waals surface area contributed by atoms with Crippen LogP contribution in [0.25, 0.3) is 11.4 Å². The molecule has 0 saturated carbocycles. The summed E-state index contributed by atoms with van der Waals surface area (Å²) in [5.41, 5.74) is 4.38. The van der Waals surface area contributed by atoms with Crippen molar-refractivity contribution in [3.05, 3.63) is 65.0 Å². The van der Waals surface area contributed by atoms with Crippen LogP contribution in [0.1, 0.15) is 42.5 Å². The minimum Gasteiger partial charge on any atom is -0.349 e. The Hall–Kier alpha value is -2.67. The molecule has 1 heterocycles. The molecule has 7 heteroatoms. The second-order valence-corrected chi connectivity index (χ2v) is 8.60. The lowest BCUT2D eigenvalue weighted by Crippen LogP contribution is -2.28. The molecular formula is C23H25FN4OS. The molecular weight excluding hydrogens is 399 g/mol. The summed E-state index contributed by atoms with van der Waals surface area (Å²) in [7, 11) is 1.78. The molecule has 3 aromatic rings. The third-order valence-corrected chi connectivity index (χ3v) is 6.55. The Morgan fingerprint density at radius 2 is 1.93 bits per heavy atom. The number of rotatable bonds is 6. The van der Waals surface area contributed by atoms with Crippen molar-refractivity contribution in [2.45, 2.75) is 43.8 Å². The predicted molar refractivity (Wildman–Crippen MR) is 117 cm³/mol. The number of thioether (sulfide) groups is 1. The summed E-state index contributed by atoms with van der Waals surface area (Å²) >= 11 is 1.29. The number of aryl methyl sites for hydroxylation is 2. The van der Waals surface area contributed by atoms with Crippen molar-refractivity contribution in [1.82, 2.24) is 20.1 Å². The molecule has 30 heavy (non-hydrogen) atoms. The molecule has 1 unspecified atom stereocenters. The number of nitrogens with one attached hydrogen (secondary N) is 1. The van der Waals surface area contributed by atoms with E-state index in [-0.39, 0.29) is 23.5 Å². The van der Waals surface area contributed by atoms with Crippen molar-refractivity contribution in [3.63, 3.8) is 0 Å². The molecule has 1 aliphatic rings. The van der Waals surface area contributed by atoms with E-state index in [4.69, 9.17) is 0 Å². The van der Waals surface area contributed by atoms with E-state index in [1.807, 2.05) is 6.92 Å². The van der Waals surface area contributed by atoms with Gasteiger partial charge in [0.05, 0.1) is 17.4 Å². The summed E-state index contributed by atoms with van der Waals surface area (Å²) < 4.78 is 15.7. The Kier molecular flexibility index (Phi) is 6.18. The van der Waals surface area contributed by atoms with Gasteiger partial charge < -0.3 is 9.88 Å². The van der Waals surface area contributed by atoms with Gasteiger partial charge in [-0.1, -0.05) is 42.1 Å². The minimum atomic E-state index is -0.346. The number of fused-ring (bicyclic) bond motifs is 1. The van der Waals surface area contributed by atoms with Crippen LogP contribution in [0.5, 0.6) is 0 Å². The molecule has 0 aliphatic heterocycles. The fourth-order valence-corrected chi connectivity index (χ4v) is 4.56. The van der Waals surface area contributed by atoms with Gasteiger partial charge in [0.1, 0.15) is 5.82 Å². The predicted octanol–water partition coefficient (Wildman–Crippen LogP) is 4.47. The maximum Gasteiger partial charge on any atom is 0.230 e. The van der Waals surface area contributed by atoms with Crippen LogP contribution in [-0.4, -0.2) is 26.4 Å². The zero-order chi connectivity index (χ0) is 21.1. The number of benzene rings is 2. The Balaban J connectivity index is 1.37. The van der Waals surface area contributed by atoms with Crippen LogP contribution >= 0.6 is 11.8 Å². The highest BCUT2D eigenvalue weighted by atomic mass is 32.2. The van der Waals surface area contributed by atoms with Crippen molar-refractivity contribution in [1.29, 1.82) is 0 Å². The topological polar surface area (TPSA) is 59.8 Å². The van der Waals surface area contributed by atoms with E-state index in [2.05, 4.69) is 33.7 Å². The highest BCUT2D eigenvalue weighted by Crippen LogP contribution is 2.26. The number of hydrogen-bond donors (Lipinski definition) is 1. The SMILES string of the molecule is CC(NC(=O)CSc1nnc(-c2ccccc2F)n1C)c1ccc2c(c1)CCCC2. The molecule has 0 fully saturated rings. The van der Waals surface area contributed by atoms with Gasteiger partial charge in [0.25, 0.3) is 0 Å². The first-order chi connectivity index (χ1) is 14.5. The molecule has 0 saturated heterocycles.